The monoisotopic (exact) mass is 352 g/mol. The summed E-state index contributed by atoms with van der Waals surface area (Å²) in [5.74, 6) is 0. The number of nitrogens with zero attached hydrogens (tertiary/aromatic N) is 2. The van der Waals surface area contributed by atoms with E-state index in [0.717, 1.165) is 28.9 Å². The Hall–Kier alpha value is -1.60. The highest BCUT2D eigenvalue weighted by Gasteiger charge is 2.23. The summed E-state index contributed by atoms with van der Waals surface area (Å²) in [7, 11) is -3.20. The molecule has 0 aliphatic rings. The fourth-order valence-electron chi connectivity index (χ4n) is 2.41. The van der Waals surface area contributed by atoms with Gasteiger partial charge in [0, 0.05) is 40.7 Å². The lowest BCUT2D eigenvalue weighted by molar-refractivity contribution is 0.564. The molecule has 0 atom stereocenters. The number of hydrogen-bond acceptors (Lipinski definition) is 5. The minimum Gasteiger partial charge on any atom is -0.343 e. The smallest absolute Gasteiger partial charge is 0.175 e. The van der Waals surface area contributed by atoms with Crippen LogP contribution in [0.1, 0.15) is 19.5 Å². The normalized spacial score (nSPS) is 12.3. The average Bonchev–Trinajstić information content (AvgIpc) is 2.79. The lowest BCUT2D eigenvalue weighted by Crippen LogP contribution is -2.23. The molecule has 0 N–H and O–H groups in total. The van der Waals surface area contributed by atoms with E-state index < -0.39 is 9.84 Å². The van der Waals surface area contributed by atoms with Gasteiger partial charge in [-0.05, 0) is 50.6 Å². The van der Waals surface area contributed by atoms with E-state index in [4.69, 9.17) is 0 Å². The van der Waals surface area contributed by atoms with Gasteiger partial charge in [-0.3, -0.25) is 0 Å². The van der Waals surface area contributed by atoms with E-state index in [9.17, 15) is 13.3 Å². The molecule has 0 spiro atoms. The second-order valence-corrected chi connectivity index (χ2v) is 9.62. The van der Waals surface area contributed by atoms with Crippen molar-refractivity contribution in [3.63, 3.8) is 0 Å². The highest BCUT2D eigenvalue weighted by Crippen LogP contribution is 2.31. The summed E-state index contributed by atoms with van der Waals surface area (Å²) in [6.07, 6.45) is 1.20. The average molecular weight is 352 g/mol. The predicted octanol–water partition coefficient (Wildman–Crippen LogP) is 4.06. The molecule has 0 amide bonds. The topological polar surface area (TPSA) is 68.5 Å². The molecular formula is C16H20N2O3S2. The fourth-order valence-corrected chi connectivity index (χ4v) is 3.43. The number of aryl methyl sites for hydroxylation is 1. The molecule has 23 heavy (non-hydrogen) atoms. The number of benzene rings is 1. The molecule has 1 heterocycles. The van der Waals surface area contributed by atoms with Crippen molar-refractivity contribution in [2.75, 3.05) is 6.26 Å². The van der Waals surface area contributed by atoms with E-state index in [-0.39, 0.29) is 4.75 Å². The van der Waals surface area contributed by atoms with E-state index in [0.29, 0.717) is 11.4 Å². The summed E-state index contributed by atoms with van der Waals surface area (Å²) < 4.78 is 27.9. The molecule has 0 saturated heterocycles. The fraction of sp³-hybridized carbons (Fsp3) is 0.375. The molecule has 1 aromatic carbocycles. The van der Waals surface area contributed by atoms with Crippen molar-refractivity contribution in [3.05, 3.63) is 47.0 Å². The molecule has 5 nitrogen and oxygen atoms in total. The largest absolute Gasteiger partial charge is 0.343 e. The maximum Gasteiger partial charge on any atom is 0.175 e. The van der Waals surface area contributed by atoms with Crippen LogP contribution in [0.4, 0.5) is 0 Å². The lowest BCUT2D eigenvalue weighted by atomic mass is 10.1. The van der Waals surface area contributed by atoms with Crippen molar-refractivity contribution in [1.82, 2.24) is 4.57 Å². The third kappa shape index (κ3) is 4.23. The van der Waals surface area contributed by atoms with Crippen LogP contribution in [0.15, 0.2) is 45.9 Å². The second kappa shape index (κ2) is 6.49. The SMILES string of the molecule is Cc1ccc(-c2ccc(S(C)(=O)=O)cc2)n1CC(C)(C)SN=O. The Kier molecular flexibility index (Phi) is 5.01. The molecular weight excluding hydrogens is 332 g/mol. The first-order valence-corrected chi connectivity index (χ1v) is 9.78. The Morgan fingerprint density at radius 1 is 1.13 bits per heavy atom. The zero-order valence-corrected chi connectivity index (χ0v) is 15.2. The molecule has 0 unspecified atom stereocenters. The number of sulfone groups is 1. The van der Waals surface area contributed by atoms with Gasteiger partial charge in [0.25, 0.3) is 0 Å². The maximum atomic E-state index is 11.6. The first kappa shape index (κ1) is 17.7. The van der Waals surface area contributed by atoms with Crippen LogP contribution in [0, 0.1) is 11.8 Å². The molecule has 7 heteroatoms. The molecule has 0 bridgehead atoms. The van der Waals surface area contributed by atoms with Gasteiger partial charge in [0.2, 0.25) is 0 Å². The first-order valence-electron chi connectivity index (χ1n) is 7.11. The van der Waals surface area contributed by atoms with E-state index in [1.54, 1.807) is 24.3 Å². The predicted molar refractivity (Wildman–Crippen MR) is 95.2 cm³/mol. The summed E-state index contributed by atoms with van der Waals surface area (Å²) in [6.45, 7) is 6.57. The lowest BCUT2D eigenvalue weighted by Gasteiger charge is -2.23. The van der Waals surface area contributed by atoms with E-state index >= 15 is 0 Å². The molecule has 0 saturated carbocycles. The van der Waals surface area contributed by atoms with Crippen molar-refractivity contribution < 1.29 is 8.42 Å². The Morgan fingerprint density at radius 3 is 2.26 bits per heavy atom. The van der Waals surface area contributed by atoms with Crippen molar-refractivity contribution >= 4 is 21.8 Å². The molecule has 124 valence electrons. The van der Waals surface area contributed by atoms with Crippen LogP contribution in [0.3, 0.4) is 0 Å². The van der Waals surface area contributed by atoms with Crippen LogP contribution >= 0.6 is 11.9 Å². The first-order chi connectivity index (χ1) is 10.6. The van der Waals surface area contributed by atoms with Crippen molar-refractivity contribution in [2.45, 2.75) is 37.0 Å². The maximum absolute atomic E-state index is 11.6. The van der Waals surface area contributed by atoms with Crippen molar-refractivity contribution in [1.29, 1.82) is 0 Å². The van der Waals surface area contributed by atoms with Crippen LogP contribution in [-0.2, 0) is 16.4 Å². The van der Waals surface area contributed by atoms with Crippen LogP contribution < -0.4 is 0 Å². The molecule has 0 aliphatic heterocycles. The summed E-state index contributed by atoms with van der Waals surface area (Å²) in [4.78, 5) is 10.9. The van der Waals surface area contributed by atoms with Gasteiger partial charge in [-0.1, -0.05) is 12.1 Å². The zero-order chi connectivity index (χ0) is 17.3. The summed E-state index contributed by atoms with van der Waals surface area (Å²) in [5.41, 5.74) is 3.00. The molecule has 0 fully saturated rings. The van der Waals surface area contributed by atoms with Gasteiger partial charge >= 0.3 is 0 Å². The van der Waals surface area contributed by atoms with Gasteiger partial charge in [-0.15, -0.1) is 4.91 Å². The summed E-state index contributed by atoms with van der Waals surface area (Å²) in [6, 6.07) is 10.8. The number of rotatable bonds is 6. The Bertz CT molecular complexity index is 806. The van der Waals surface area contributed by atoms with Gasteiger partial charge in [-0.2, -0.15) is 0 Å². The van der Waals surface area contributed by atoms with E-state index in [1.165, 1.54) is 6.26 Å². The van der Waals surface area contributed by atoms with Gasteiger partial charge < -0.3 is 4.57 Å². The summed E-state index contributed by atoms with van der Waals surface area (Å²) in [5, 5.41) is 0. The van der Waals surface area contributed by atoms with Crippen LogP contribution in [0.2, 0.25) is 0 Å². The third-order valence-electron chi connectivity index (χ3n) is 3.60. The van der Waals surface area contributed by atoms with Gasteiger partial charge in [0.15, 0.2) is 9.84 Å². The third-order valence-corrected chi connectivity index (χ3v) is 5.43. The zero-order valence-electron chi connectivity index (χ0n) is 13.6. The van der Waals surface area contributed by atoms with Crippen LogP contribution in [-0.4, -0.2) is 24.0 Å². The standard InChI is InChI=1S/C16H20N2O3S2/c1-12-5-10-15(18(12)11-16(2,3)22-17-19)13-6-8-14(9-7-13)23(4,20)21/h5-10H,11H2,1-4H3. The molecule has 0 aliphatic carbocycles. The van der Waals surface area contributed by atoms with Gasteiger partial charge in [-0.25, -0.2) is 8.42 Å². The Morgan fingerprint density at radius 2 is 1.74 bits per heavy atom. The second-order valence-electron chi connectivity index (χ2n) is 6.17. The van der Waals surface area contributed by atoms with Crippen LogP contribution in [0.25, 0.3) is 11.3 Å². The minimum atomic E-state index is -3.20. The van der Waals surface area contributed by atoms with E-state index in [2.05, 4.69) is 9.15 Å². The minimum absolute atomic E-state index is 0.303. The van der Waals surface area contributed by atoms with Gasteiger partial charge in [0.05, 0.1) is 9.64 Å². The molecule has 0 radical (unpaired) electrons. The van der Waals surface area contributed by atoms with E-state index in [1.807, 2.05) is 32.9 Å². The number of nitroso groups, excluding NO2 is 1. The van der Waals surface area contributed by atoms with Gasteiger partial charge in [0.1, 0.15) is 0 Å². The van der Waals surface area contributed by atoms with Crippen molar-refractivity contribution in [3.8, 4) is 11.3 Å². The Labute approximate surface area is 141 Å². The molecule has 2 rings (SSSR count). The number of hydrogen-bond donors (Lipinski definition) is 0. The quantitative estimate of drug-likeness (QED) is 0.581. The summed E-state index contributed by atoms with van der Waals surface area (Å²) >= 11 is 1.02. The Balaban J connectivity index is 2.40. The molecule has 2 aromatic rings. The number of aromatic nitrogens is 1. The van der Waals surface area contributed by atoms with Crippen LogP contribution in [0.5, 0.6) is 0 Å². The highest BCUT2D eigenvalue weighted by molar-refractivity contribution is 7.99. The van der Waals surface area contributed by atoms with Crippen molar-refractivity contribution in [2.24, 2.45) is 4.58 Å². The highest BCUT2D eigenvalue weighted by atomic mass is 32.2. The molecule has 1 aromatic heterocycles.